The molecule has 0 bridgehead atoms. The first kappa shape index (κ1) is 21.1. The van der Waals surface area contributed by atoms with Gasteiger partial charge in [-0.1, -0.05) is 50.2 Å². The van der Waals surface area contributed by atoms with E-state index < -0.39 is 0 Å². The Balaban J connectivity index is 0.00000126. The lowest BCUT2D eigenvalue weighted by atomic mass is 10.1. The van der Waals surface area contributed by atoms with Crippen LogP contribution in [-0.2, 0) is 6.61 Å². The minimum absolute atomic E-state index is 0.440. The van der Waals surface area contributed by atoms with Crippen molar-refractivity contribution < 1.29 is 9.47 Å². The van der Waals surface area contributed by atoms with Crippen LogP contribution in [-0.4, -0.2) is 24.2 Å². The topological polar surface area (TPSA) is 21.7 Å². The maximum Gasteiger partial charge on any atom is 0.264 e. The van der Waals surface area contributed by atoms with Crippen LogP contribution in [0.2, 0.25) is 0 Å². The van der Waals surface area contributed by atoms with Crippen LogP contribution in [0, 0.1) is 0 Å². The molecule has 0 N–H and O–H groups in total. The molecule has 5 heteroatoms. The molecule has 0 aliphatic heterocycles. The van der Waals surface area contributed by atoms with Crippen LogP contribution in [0.25, 0.3) is 10.8 Å². The third-order valence-corrected chi connectivity index (χ3v) is 4.81. The van der Waals surface area contributed by atoms with Gasteiger partial charge in [-0.2, -0.15) is 0 Å². The fourth-order valence-corrected chi connectivity index (χ4v) is 2.76. The molecule has 1 atom stereocenters. The number of hydrogen-bond donors (Lipinski definition) is 0. The quantitative estimate of drug-likeness (QED) is 0.446. The zero-order valence-corrected chi connectivity index (χ0v) is 18.2. The Kier molecular flexibility index (Phi) is 8.02. The predicted molar refractivity (Wildman–Crippen MR) is 122 cm³/mol. The van der Waals surface area contributed by atoms with Gasteiger partial charge in [-0.15, -0.1) is 9.24 Å². The van der Waals surface area contributed by atoms with Crippen molar-refractivity contribution in [2.45, 2.75) is 20.5 Å². The van der Waals surface area contributed by atoms with E-state index in [0.29, 0.717) is 11.8 Å². The van der Waals surface area contributed by atoms with Crippen LogP contribution in [0.1, 0.15) is 19.4 Å². The highest BCUT2D eigenvalue weighted by Crippen LogP contribution is 2.25. The number of ether oxygens (including phenoxy) is 2. The number of thiocarbonyl (C=S) groups is 1. The lowest BCUT2D eigenvalue weighted by Crippen LogP contribution is -2.24. The Hall–Kier alpha value is -2.16. The molecular formula is C22H26NO2PS. The Bertz CT molecular complexity index is 912. The zero-order valence-electron chi connectivity index (χ0n) is 16.2. The Morgan fingerprint density at radius 1 is 0.926 bits per heavy atom. The third-order valence-electron chi connectivity index (χ3n) is 3.80. The highest BCUT2D eigenvalue weighted by atomic mass is 32.1. The van der Waals surface area contributed by atoms with Crippen molar-refractivity contribution in [2.75, 3.05) is 14.1 Å². The second-order valence-electron chi connectivity index (χ2n) is 5.92. The maximum absolute atomic E-state index is 5.94. The van der Waals surface area contributed by atoms with Gasteiger partial charge in [0.05, 0.1) is 0 Å². The first-order valence-electron chi connectivity index (χ1n) is 8.92. The van der Waals surface area contributed by atoms with Crippen LogP contribution >= 0.6 is 21.5 Å². The average molecular weight is 399 g/mol. The van der Waals surface area contributed by atoms with E-state index in [0.717, 1.165) is 33.1 Å². The molecule has 142 valence electrons. The van der Waals surface area contributed by atoms with Crippen molar-refractivity contribution in [1.82, 2.24) is 4.90 Å². The van der Waals surface area contributed by atoms with Gasteiger partial charge in [-0.05, 0) is 58.1 Å². The Morgan fingerprint density at radius 2 is 1.52 bits per heavy atom. The van der Waals surface area contributed by atoms with E-state index in [4.69, 9.17) is 21.7 Å². The molecule has 0 spiro atoms. The molecular weight excluding hydrogens is 373 g/mol. The van der Waals surface area contributed by atoms with Crippen LogP contribution in [0.3, 0.4) is 0 Å². The van der Waals surface area contributed by atoms with Gasteiger partial charge in [0.15, 0.2) is 0 Å². The average Bonchev–Trinajstić information content (AvgIpc) is 2.68. The summed E-state index contributed by atoms with van der Waals surface area (Å²) in [6.07, 6.45) is 0. The summed E-state index contributed by atoms with van der Waals surface area (Å²) in [6, 6.07) is 20.1. The van der Waals surface area contributed by atoms with Crippen molar-refractivity contribution in [3.63, 3.8) is 0 Å². The maximum atomic E-state index is 5.94. The highest BCUT2D eigenvalue weighted by Gasteiger charge is 2.05. The largest absolute Gasteiger partial charge is 0.489 e. The number of hydrogen-bond acceptors (Lipinski definition) is 3. The minimum Gasteiger partial charge on any atom is -0.489 e. The molecule has 3 aromatic carbocycles. The summed E-state index contributed by atoms with van der Waals surface area (Å²) >= 11 is 5.18. The van der Waals surface area contributed by atoms with E-state index in [1.807, 2.05) is 76.5 Å². The lowest BCUT2D eigenvalue weighted by Gasteiger charge is -2.14. The summed E-state index contributed by atoms with van der Waals surface area (Å²) in [5, 5.41) is 3.77. The van der Waals surface area contributed by atoms with E-state index in [9.17, 15) is 0 Å². The van der Waals surface area contributed by atoms with Gasteiger partial charge < -0.3 is 14.4 Å². The molecule has 3 rings (SSSR count). The van der Waals surface area contributed by atoms with Crippen LogP contribution < -0.4 is 14.8 Å². The molecule has 3 aromatic rings. The van der Waals surface area contributed by atoms with Gasteiger partial charge in [0.2, 0.25) is 0 Å². The molecule has 1 unspecified atom stereocenters. The summed E-state index contributed by atoms with van der Waals surface area (Å²) in [4.78, 5) is 1.76. The third kappa shape index (κ3) is 5.92. The van der Waals surface area contributed by atoms with E-state index in [-0.39, 0.29) is 0 Å². The minimum atomic E-state index is 0.440. The second-order valence-corrected chi connectivity index (χ2v) is 6.89. The van der Waals surface area contributed by atoms with Crippen LogP contribution in [0.4, 0.5) is 0 Å². The SMILES string of the molecule is CC.CN(C)C(=S)Oc1ccc2cc(OCc3ccccc3P)ccc2c1. The summed E-state index contributed by atoms with van der Waals surface area (Å²) in [5.74, 6) is 1.58. The number of fused-ring (bicyclic) bond motifs is 1. The standard InChI is InChI=1S/C20H20NO2PS.C2H6/c1-21(2)20(25)23-18-10-8-14-11-17(9-7-15(14)12-18)22-13-16-5-3-4-6-19(16)24;1-2/h3-12H,13,24H2,1-2H3;1-2H3. The Labute approximate surface area is 169 Å². The normalized spacial score (nSPS) is 9.96. The van der Waals surface area contributed by atoms with Gasteiger partial charge >= 0.3 is 0 Å². The van der Waals surface area contributed by atoms with E-state index in [1.54, 1.807) is 4.90 Å². The summed E-state index contributed by atoms with van der Waals surface area (Å²) in [7, 11) is 6.46. The van der Waals surface area contributed by atoms with Crippen molar-refractivity contribution >= 4 is 42.7 Å². The second kappa shape index (κ2) is 10.2. The van der Waals surface area contributed by atoms with Crippen molar-refractivity contribution in [2.24, 2.45) is 0 Å². The lowest BCUT2D eigenvalue weighted by molar-refractivity contribution is 0.307. The van der Waals surface area contributed by atoms with E-state index >= 15 is 0 Å². The number of rotatable bonds is 4. The van der Waals surface area contributed by atoms with Gasteiger partial charge in [-0.3, -0.25) is 0 Å². The van der Waals surface area contributed by atoms with Gasteiger partial charge in [-0.25, -0.2) is 0 Å². The van der Waals surface area contributed by atoms with Gasteiger partial charge in [0.1, 0.15) is 18.1 Å². The van der Waals surface area contributed by atoms with E-state index in [2.05, 4.69) is 21.4 Å². The molecule has 0 fully saturated rings. The smallest absolute Gasteiger partial charge is 0.264 e. The fourth-order valence-electron chi connectivity index (χ4n) is 2.37. The van der Waals surface area contributed by atoms with E-state index in [1.165, 1.54) is 0 Å². The zero-order chi connectivity index (χ0) is 19.8. The number of benzene rings is 3. The molecule has 27 heavy (non-hydrogen) atoms. The molecule has 3 nitrogen and oxygen atoms in total. The van der Waals surface area contributed by atoms with Gasteiger partial charge in [0, 0.05) is 14.1 Å². The Morgan fingerprint density at radius 3 is 2.15 bits per heavy atom. The summed E-state index contributed by atoms with van der Waals surface area (Å²) < 4.78 is 11.6. The first-order valence-corrected chi connectivity index (χ1v) is 9.90. The fraction of sp³-hybridized carbons (Fsp3) is 0.227. The molecule has 0 aliphatic carbocycles. The monoisotopic (exact) mass is 399 g/mol. The molecule has 0 aliphatic rings. The summed E-state index contributed by atoms with van der Waals surface area (Å²) in [6.45, 7) is 4.55. The predicted octanol–water partition coefficient (Wildman–Crippen LogP) is 5.17. The van der Waals surface area contributed by atoms with Crippen molar-refractivity contribution in [1.29, 1.82) is 0 Å². The van der Waals surface area contributed by atoms with Crippen molar-refractivity contribution in [3.8, 4) is 11.5 Å². The van der Waals surface area contributed by atoms with Crippen LogP contribution in [0.15, 0.2) is 60.7 Å². The van der Waals surface area contributed by atoms with Crippen molar-refractivity contribution in [3.05, 3.63) is 66.2 Å². The highest BCUT2D eigenvalue weighted by molar-refractivity contribution is 7.80. The molecule has 0 saturated heterocycles. The van der Waals surface area contributed by atoms with Crippen LogP contribution in [0.5, 0.6) is 11.5 Å². The molecule has 0 saturated carbocycles. The molecule has 0 heterocycles. The summed E-state index contributed by atoms with van der Waals surface area (Å²) in [5.41, 5.74) is 1.16. The van der Waals surface area contributed by atoms with Gasteiger partial charge in [0.25, 0.3) is 5.17 Å². The molecule has 0 radical (unpaired) electrons. The molecule has 0 aromatic heterocycles. The number of nitrogens with zero attached hydrogens (tertiary/aromatic N) is 1. The molecule has 0 amide bonds. The first-order chi connectivity index (χ1) is 13.0.